The molecule has 1 aromatic carbocycles. The number of rotatable bonds is 12. The van der Waals surface area contributed by atoms with Gasteiger partial charge in [-0.3, -0.25) is 24.0 Å². The predicted molar refractivity (Wildman–Crippen MR) is 138 cm³/mol. The second-order valence-electron chi connectivity index (χ2n) is 9.59. The molecule has 0 heterocycles. The monoisotopic (exact) mass is 538 g/mol. The lowest BCUT2D eigenvalue weighted by molar-refractivity contribution is -0.143. The maximum Gasteiger partial charge on any atom is 0.305 e. The Kier molecular flexibility index (Phi) is 11.7. The Morgan fingerprint density at radius 2 is 1.73 bits per heavy atom. The second kappa shape index (κ2) is 13.7. The van der Waals surface area contributed by atoms with Crippen molar-refractivity contribution in [2.45, 2.75) is 72.0 Å². The third-order valence-corrected chi connectivity index (χ3v) is 5.92. The minimum atomic E-state index is -1.26. The van der Waals surface area contributed by atoms with E-state index in [-0.39, 0.29) is 29.3 Å². The van der Waals surface area contributed by atoms with Gasteiger partial charge in [0.25, 0.3) is 5.91 Å². The summed E-state index contributed by atoms with van der Waals surface area (Å²) in [5.41, 5.74) is -0.249. The molecule has 4 amide bonds. The van der Waals surface area contributed by atoms with E-state index < -0.39 is 53.7 Å². The van der Waals surface area contributed by atoms with E-state index in [1.807, 2.05) is 0 Å². The first-order valence-corrected chi connectivity index (χ1v) is 12.2. The normalized spacial score (nSPS) is 13.5. The van der Waals surface area contributed by atoms with Gasteiger partial charge in [-0.1, -0.05) is 46.2 Å². The Labute approximate surface area is 221 Å². The third kappa shape index (κ3) is 9.16. The van der Waals surface area contributed by atoms with Gasteiger partial charge in [-0.05, 0) is 30.0 Å². The van der Waals surface area contributed by atoms with Crippen LogP contribution in [0.3, 0.4) is 0 Å². The van der Waals surface area contributed by atoms with Crippen LogP contribution in [0.4, 0.5) is 5.69 Å². The molecular weight excluding hydrogens is 504 g/mol. The van der Waals surface area contributed by atoms with Gasteiger partial charge in [-0.15, -0.1) is 0 Å². The van der Waals surface area contributed by atoms with Crippen LogP contribution < -0.4 is 16.0 Å². The number of aliphatic carboxylic acids is 1. The summed E-state index contributed by atoms with van der Waals surface area (Å²) in [7, 11) is 1.40. The lowest BCUT2D eigenvalue weighted by atomic mass is 9.85. The number of carboxylic acid groups (broad SMARTS) is 1. The first-order valence-electron chi connectivity index (χ1n) is 11.8. The summed E-state index contributed by atoms with van der Waals surface area (Å²) in [6, 6.07) is 1.02. The fraction of sp³-hybridized carbons (Fsp3) is 0.520. The van der Waals surface area contributed by atoms with Crippen LogP contribution >= 0.6 is 11.6 Å². The van der Waals surface area contributed by atoms with E-state index in [1.165, 1.54) is 30.1 Å². The van der Waals surface area contributed by atoms with E-state index in [4.69, 9.17) is 16.7 Å². The molecule has 4 N–H and O–H groups in total. The summed E-state index contributed by atoms with van der Waals surface area (Å²) in [4.78, 5) is 74.1. The fourth-order valence-corrected chi connectivity index (χ4v) is 3.68. The van der Waals surface area contributed by atoms with E-state index >= 15 is 0 Å². The molecule has 0 bridgehead atoms. The Balaban J connectivity index is 3.12. The number of halogens is 1. The lowest BCUT2D eigenvalue weighted by Gasteiger charge is -2.36. The van der Waals surface area contributed by atoms with E-state index in [9.17, 15) is 28.8 Å². The second-order valence-corrected chi connectivity index (χ2v) is 10.00. The number of hydrogen-bond donors (Lipinski definition) is 4. The highest BCUT2D eigenvalue weighted by atomic mass is 35.5. The molecular formula is C25H35ClN4O7. The first kappa shape index (κ1) is 31.6. The molecule has 3 atom stereocenters. The minimum absolute atomic E-state index is 0.152. The number of aldehydes is 1. The van der Waals surface area contributed by atoms with Crippen LogP contribution in [-0.2, 0) is 24.0 Å². The molecule has 1 aromatic rings. The summed E-state index contributed by atoms with van der Waals surface area (Å²) in [6.45, 7) is 8.59. The van der Waals surface area contributed by atoms with Gasteiger partial charge in [0.2, 0.25) is 17.7 Å². The van der Waals surface area contributed by atoms with Gasteiger partial charge < -0.3 is 30.8 Å². The molecule has 0 spiro atoms. The molecule has 0 aliphatic carbocycles. The summed E-state index contributed by atoms with van der Waals surface area (Å²) in [5.74, 6) is -3.32. The summed E-state index contributed by atoms with van der Waals surface area (Å²) in [5, 5.41) is 16.7. The molecule has 0 aliphatic rings. The van der Waals surface area contributed by atoms with Gasteiger partial charge in [0, 0.05) is 19.0 Å². The van der Waals surface area contributed by atoms with Crippen molar-refractivity contribution in [3.63, 3.8) is 0 Å². The van der Waals surface area contributed by atoms with Crippen LogP contribution in [0.1, 0.15) is 64.2 Å². The Hall–Kier alpha value is -3.47. The number of amides is 4. The topological polar surface area (TPSA) is 162 Å². The van der Waals surface area contributed by atoms with Gasteiger partial charge in [0.15, 0.2) is 0 Å². The zero-order valence-corrected chi connectivity index (χ0v) is 22.6. The van der Waals surface area contributed by atoms with Gasteiger partial charge in [-0.25, -0.2) is 0 Å². The maximum atomic E-state index is 13.5. The lowest BCUT2D eigenvalue weighted by Crippen LogP contribution is -2.58. The molecule has 0 saturated carbocycles. The Bertz CT molecular complexity index is 1040. The van der Waals surface area contributed by atoms with Gasteiger partial charge >= 0.3 is 5.97 Å². The quantitative estimate of drug-likeness (QED) is 0.296. The summed E-state index contributed by atoms with van der Waals surface area (Å²) >= 11 is 6.22. The van der Waals surface area contributed by atoms with Crippen molar-refractivity contribution in [2.24, 2.45) is 5.41 Å². The average Bonchev–Trinajstić information content (AvgIpc) is 2.81. The highest BCUT2D eigenvalue weighted by Crippen LogP contribution is 2.25. The number of benzene rings is 1. The van der Waals surface area contributed by atoms with Crippen LogP contribution in [0, 0.1) is 5.41 Å². The van der Waals surface area contributed by atoms with Crippen molar-refractivity contribution < 1.29 is 33.9 Å². The Morgan fingerprint density at radius 3 is 2.19 bits per heavy atom. The molecule has 0 radical (unpaired) electrons. The fourth-order valence-electron chi connectivity index (χ4n) is 3.45. The predicted octanol–water partition coefficient (Wildman–Crippen LogP) is 2.23. The average molecular weight is 539 g/mol. The van der Waals surface area contributed by atoms with Gasteiger partial charge in [0.1, 0.15) is 18.4 Å². The first-order chi connectivity index (χ1) is 17.2. The van der Waals surface area contributed by atoms with Crippen molar-refractivity contribution >= 4 is 53.2 Å². The van der Waals surface area contributed by atoms with Crippen molar-refractivity contribution in [2.75, 3.05) is 12.4 Å². The van der Waals surface area contributed by atoms with Gasteiger partial charge in [0.05, 0.1) is 23.2 Å². The van der Waals surface area contributed by atoms with Crippen molar-refractivity contribution in [1.29, 1.82) is 0 Å². The van der Waals surface area contributed by atoms with E-state index in [1.54, 1.807) is 34.6 Å². The highest BCUT2D eigenvalue weighted by molar-refractivity contribution is 6.34. The number of carbonyl (C=O) groups excluding carboxylic acids is 5. The van der Waals surface area contributed by atoms with Crippen LogP contribution in [-0.4, -0.2) is 71.1 Å². The Morgan fingerprint density at radius 1 is 1.11 bits per heavy atom. The van der Waals surface area contributed by atoms with E-state index in [2.05, 4.69) is 16.0 Å². The number of nitrogens with zero attached hydrogens (tertiary/aromatic N) is 1. The molecule has 37 heavy (non-hydrogen) atoms. The molecule has 0 saturated heterocycles. The van der Waals surface area contributed by atoms with Crippen molar-refractivity contribution in [3.05, 3.63) is 28.8 Å². The smallest absolute Gasteiger partial charge is 0.305 e. The molecule has 12 heteroatoms. The van der Waals surface area contributed by atoms with Gasteiger partial charge in [-0.2, -0.15) is 0 Å². The maximum absolute atomic E-state index is 13.5. The number of likely N-dealkylation sites (N-methyl/N-ethyl adjacent to an activating group) is 1. The van der Waals surface area contributed by atoms with Crippen LogP contribution in [0.25, 0.3) is 0 Å². The SMILES string of the molecule is CCC(=O)Nc1ccc(C(=O)NC(C(=O)N(C)C(CC)C(=O)N[C@H](C=O)CC(=O)O)C(C)(C)C)cc1Cl. The molecule has 2 unspecified atom stereocenters. The van der Waals surface area contributed by atoms with Crippen LogP contribution in [0.15, 0.2) is 18.2 Å². The molecule has 0 aromatic heterocycles. The number of nitrogens with one attached hydrogen (secondary N) is 3. The summed E-state index contributed by atoms with van der Waals surface area (Å²) < 4.78 is 0. The van der Waals surface area contributed by atoms with E-state index in [0.29, 0.717) is 12.0 Å². The molecule has 204 valence electrons. The minimum Gasteiger partial charge on any atom is -0.481 e. The number of hydrogen-bond acceptors (Lipinski definition) is 6. The van der Waals surface area contributed by atoms with Crippen LogP contribution in [0.2, 0.25) is 5.02 Å². The summed E-state index contributed by atoms with van der Waals surface area (Å²) in [6.07, 6.45) is 0.169. The number of anilines is 1. The highest BCUT2D eigenvalue weighted by Gasteiger charge is 2.38. The molecule has 0 fully saturated rings. The number of carboxylic acids is 1. The standard InChI is InChI=1S/C25H35ClN4O7/c1-7-18(23(36)27-15(13-31)12-20(33)34)30(6)24(37)21(25(3,4)5)29-22(35)14-9-10-17(16(26)11-14)28-19(32)8-2/h9-11,13,15,18,21H,7-8,12H2,1-6H3,(H,27,36)(H,28,32)(H,29,35)(H,33,34)/t15-,18?,21?/m0/s1. The molecule has 1 rings (SSSR count). The third-order valence-electron chi connectivity index (χ3n) is 5.61. The molecule has 11 nitrogen and oxygen atoms in total. The largest absolute Gasteiger partial charge is 0.481 e. The van der Waals surface area contributed by atoms with Crippen LogP contribution in [0.5, 0.6) is 0 Å². The zero-order chi connectivity index (χ0) is 28.5. The number of carbonyl (C=O) groups is 6. The molecule has 0 aliphatic heterocycles. The van der Waals surface area contributed by atoms with E-state index in [0.717, 1.165) is 0 Å². The van der Waals surface area contributed by atoms with Crippen molar-refractivity contribution in [1.82, 2.24) is 15.5 Å². The van der Waals surface area contributed by atoms with Crippen molar-refractivity contribution in [3.8, 4) is 0 Å². The zero-order valence-electron chi connectivity index (χ0n) is 21.9.